The molecule has 1 aliphatic rings. The van der Waals surface area contributed by atoms with Crippen LogP contribution in [0.2, 0.25) is 0 Å². The molecule has 8 heteroatoms. The summed E-state index contributed by atoms with van der Waals surface area (Å²) in [7, 11) is 3.40. The second-order valence-electron chi connectivity index (χ2n) is 8.76. The van der Waals surface area contributed by atoms with Gasteiger partial charge < -0.3 is 24.6 Å². The molecule has 6 nitrogen and oxygen atoms in total. The summed E-state index contributed by atoms with van der Waals surface area (Å²) in [5.41, 5.74) is 0.660. The van der Waals surface area contributed by atoms with Crippen LogP contribution in [0.5, 0.6) is 11.5 Å². The van der Waals surface area contributed by atoms with Crippen molar-refractivity contribution in [3.63, 3.8) is 0 Å². The Morgan fingerprint density at radius 1 is 1.09 bits per heavy atom. The van der Waals surface area contributed by atoms with E-state index >= 15 is 0 Å². The quantitative estimate of drug-likeness (QED) is 0.626. The molecular weight excluding hydrogens is 428 g/mol. The molecule has 0 unspecified atom stereocenters. The zero-order chi connectivity index (χ0) is 24.0. The molecule has 0 bridgehead atoms. The summed E-state index contributed by atoms with van der Waals surface area (Å²) in [6, 6.07) is 9.31. The van der Waals surface area contributed by atoms with Crippen LogP contribution in [0.3, 0.4) is 0 Å². The normalized spacial score (nSPS) is 14.9. The van der Waals surface area contributed by atoms with Crippen molar-refractivity contribution in [3.8, 4) is 11.5 Å². The Morgan fingerprint density at radius 2 is 1.70 bits per heavy atom. The predicted octanol–water partition coefficient (Wildman–Crippen LogP) is 4.57. The highest BCUT2D eigenvalue weighted by Crippen LogP contribution is 2.23. The number of piperidine rings is 1. The van der Waals surface area contributed by atoms with Crippen molar-refractivity contribution in [2.24, 2.45) is 0 Å². The van der Waals surface area contributed by atoms with Crippen LogP contribution in [0.15, 0.2) is 36.4 Å². The lowest BCUT2D eigenvalue weighted by Crippen LogP contribution is -2.48. The summed E-state index contributed by atoms with van der Waals surface area (Å²) in [5, 5.41) is 3.05. The van der Waals surface area contributed by atoms with Crippen molar-refractivity contribution in [1.82, 2.24) is 15.1 Å². The molecule has 2 amide bonds. The molecular formula is C25H33F2N3O3. The van der Waals surface area contributed by atoms with Gasteiger partial charge in [-0.05, 0) is 64.5 Å². The van der Waals surface area contributed by atoms with Gasteiger partial charge in [-0.2, -0.15) is 0 Å². The number of hydrogen-bond acceptors (Lipinski definition) is 4. The number of halogens is 2. The third-order valence-corrected chi connectivity index (χ3v) is 5.70. The monoisotopic (exact) mass is 461 g/mol. The van der Waals surface area contributed by atoms with Crippen LogP contribution in [0.25, 0.3) is 0 Å². The fraction of sp³-hybridized carbons (Fsp3) is 0.480. The Labute approximate surface area is 194 Å². The Hall–Kier alpha value is -2.87. The van der Waals surface area contributed by atoms with Crippen molar-refractivity contribution in [3.05, 3.63) is 59.2 Å². The van der Waals surface area contributed by atoms with Gasteiger partial charge in [0, 0.05) is 30.3 Å². The van der Waals surface area contributed by atoms with Gasteiger partial charge >= 0.3 is 6.03 Å². The number of carbonyl (C=O) groups excluding carboxylic acids is 1. The van der Waals surface area contributed by atoms with Gasteiger partial charge in [-0.3, -0.25) is 0 Å². The maximum absolute atomic E-state index is 14.6. The number of ether oxygens (including phenoxy) is 2. The first kappa shape index (κ1) is 24.8. The molecule has 3 rings (SSSR count). The number of hydrogen-bond donors (Lipinski definition) is 1. The number of likely N-dealkylation sites (tertiary alicyclic amines) is 1. The van der Waals surface area contributed by atoms with E-state index in [0.717, 1.165) is 49.4 Å². The van der Waals surface area contributed by atoms with Gasteiger partial charge in [0.05, 0.1) is 19.8 Å². The summed E-state index contributed by atoms with van der Waals surface area (Å²) < 4.78 is 39.9. The number of nitrogens with one attached hydrogen (secondary N) is 1. The van der Waals surface area contributed by atoms with Gasteiger partial charge in [0.25, 0.3) is 0 Å². The number of urea groups is 1. The second-order valence-corrected chi connectivity index (χ2v) is 8.76. The number of methoxy groups -OCH3 is 1. The van der Waals surface area contributed by atoms with Crippen molar-refractivity contribution >= 4 is 6.03 Å². The van der Waals surface area contributed by atoms with E-state index in [1.165, 1.54) is 12.0 Å². The van der Waals surface area contributed by atoms with Crippen LogP contribution < -0.4 is 14.8 Å². The van der Waals surface area contributed by atoms with Gasteiger partial charge in [0.1, 0.15) is 23.1 Å². The van der Waals surface area contributed by atoms with Gasteiger partial charge in [0.15, 0.2) is 0 Å². The highest BCUT2D eigenvalue weighted by molar-refractivity contribution is 5.74. The van der Waals surface area contributed by atoms with Crippen LogP contribution in [0.4, 0.5) is 13.6 Å². The molecule has 0 aromatic heterocycles. The summed E-state index contributed by atoms with van der Waals surface area (Å²) >= 11 is 0. The van der Waals surface area contributed by atoms with E-state index in [1.54, 1.807) is 0 Å². The van der Waals surface area contributed by atoms with Crippen LogP contribution in [0.1, 0.15) is 37.8 Å². The molecule has 0 radical (unpaired) electrons. The lowest BCUT2D eigenvalue weighted by atomic mass is 10.1. The van der Waals surface area contributed by atoms with Gasteiger partial charge in [-0.15, -0.1) is 0 Å². The zero-order valence-corrected chi connectivity index (χ0v) is 19.7. The number of benzene rings is 2. The molecule has 1 fully saturated rings. The van der Waals surface area contributed by atoms with Crippen LogP contribution in [-0.4, -0.2) is 55.2 Å². The topological polar surface area (TPSA) is 54.0 Å². The third-order valence-electron chi connectivity index (χ3n) is 5.70. The van der Waals surface area contributed by atoms with Crippen molar-refractivity contribution in [2.45, 2.75) is 51.9 Å². The molecule has 0 atom stereocenters. The number of amides is 2. The van der Waals surface area contributed by atoms with Crippen LogP contribution >= 0.6 is 0 Å². The SMILES string of the molecule is COc1cc(F)c(CN(Cc2ccc(OC(C)C)cc2)C(=O)NC2CCN(C)CC2)c(F)c1. The molecule has 2 aromatic carbocycles. The first-order valence-electron chi connectivity index (χ1n) is 11.3. The van der Waals surface area contributed by atoms with E-state index in [4.69, 9.17) is 9.47 Å². The lowest BCUT2D eigenvalue weighted by molar-refractivity contribution is 0.175. The van der Waals surface area contributed by atoms with E-state index in [2.05, 4.69) is 10.2 Å². The minimum Gasteiger partial charge on any atom is -0.497 e. The maximum Gasteiger partial charge on any atom is 0.318 e. The molecule has 2 aromatic rings. The second kappa shape index (κ2) is 11.3. The molecule has 33 heavy (non-hydrogen) atoms. The van der Waals surface area contributed by atoms with Crippen molar-refractivity contribution in [2.75, 3.05) is 27.2 Å². The summed E-state index contributed by atoms with van der Waals surface area (Å²) in [6.45, 7) is 5.67. The molecule has 180 valence electrons. The molecule has 0 spiro atoms. The zero-order valence-electron chi connectivity index (χ0n) is 19.7. The Morgan fingerprint density at radius 3 is 2.24 bits per heavy atom. The Bertz CT molecular complexity index is 906. The van der Waals surface area contributed by atoms with E-state index < -0.39 is 11.6 Å². The largest absolute Gasteiger partial charge is 0.497 e. The van der Waals surface area contributed by atoms with Gasteiger partial charge in [0.2, 0.25) is 0 Å². The molecule has 1 N–H and O–H groups in total. The average Bonchev–Trinajstić information content (AvgIpc) is 2.77. The molecule has 1 heterocycles. The molecule has 0 saturated carbocycles. The Kier molecular flexibility index (Phi) is 8.49. The van der Waals surface area contributed by atoms with E-state index in [1.807, 2.05) is 45.2 Å². The standard InChI is InChI=1S/C25H33F2N3O3/c1-17(2)33-20-7-5-18(6-8-20)15-30(25(31)28-19-9-11-29(3)12-10-19)16-22-23(26)13-21(32-4)14-24(22)27/h5-8,13-14,17,19H,9-12,15-16H2,1-4H3,(H,28,31). The number of carbonyl (C=O) groups is 1. The third kappa shape index (κ3) is 7.05. The van der Waals surface area contributed by atoms with Crippen molar-refractivity contribution in [1.29, 1.82) is 0 Å². The van der Waals surface area contributed by atoms with E-state index in [9.17, 15) is 13.6 Å². The summed E-state index contributed by atoms with van der Waals surface area (Å²) in [5.74, 6) is -0.672. The Balaban J connectivity index is 1.79. The molecule has 0 aliphatic carbocycles. The molecule has 1 aliphatic heterocycles. The fourth-order valence-corrected chi connectivity index (χ4v) is 3.82. The van der Waals surface area contributed by atoms with E-state index in [0.29, 0.717) is 0 Å². The number of nitrogens with zero attached hydrogens (tertiary/aromatic N) is 2. The number of rotatable bonds is 8. The van der Waals surface area contributed by atoms with Gasteiger partial charge in [-0.25, -0.2) is 13.6 Å². The van der Waals surface area contributed by atoms with Gasteiger partial charge in [-0.1, -0.05) is 12.1 Å². The maximum atomic E-state index is 14.6. The summed E-state index contributed by atoms with van der Waals surface area (Å²) in [6.07, 6.45) is 1.72. The fourth-order valence-electron chi connectivity index (χ4n) is 3.82. The molecule has 1 saturated heterocycles. The smallest absolute Gasteiger partial charge is 0.318 e. The predicted molar refractivity (Wildman–Crippen MR) is 123 cm³/mol. The highest BCUT2D eigenvalue weighted by Gasteiger charge is 2.24. The van der Waals surface area contributed by atoms with Crippen LogP contribution in [0, 0.1) is 11.6 Å². The summed E-state index contributed by atoms with van der Waals surface area (Å²) in [4.78, 5) is 16.8. The van der Waals surface area contributed by atoms with Crippen molar-refractivity contribution < 1.29 is 23.0 Å². The minimum absolute atomic E-state index is 0.0311. The first-order valence-corrected chi connectivity index (χ1v) is 11.3. The average molecular weight is 462 g/mol. The van der Waals surface area contributed by atoms with E-state index in [-0.39, 0.29) is 42.6 Å². The minimum atomic E-state index is -0.746. The highest BCUT2D eigenvalue weighted by atomic mass is 19.1. The van der Waals surface area contributed by atoms with Crippen LogP contribution in [-0.2, 0) is 13.1 Å². The first-order chi connectivity index (χ1) is 15.7. The lowest BCUT2D eigenvalue weighted by Gasteiger charge is -2.32.